The van der Waals surface area contributed by atoms with Crippen molar-refractivity contribution in [1.29, 1.82) is 0 Å². The van der Waals surface area contributed by atoms with E-state index in [1.807, 2.05) is 0 Å². The van der Waals surface area contributed by atoms with Gasteiger partial charge in [0.05, 0.1) is 19.1 Å². The molecule has 0 spiro atoms. The van der Waals surface area contributed by atoms with Gasteiger partial charge in [0.1, 0.15) is 6.10 Å². The maximum absolute atomic E-state index is 11.4. The average molecular weight is 302 g/mol. The van der Waals surface area contributed by atoms with E-state index in [2.05, 4.69) is 41.5 Å². The Hall–Kier alpha value is -0.393. The van der Waals surface area contributed by atoms with Gasteiger partial charge in [-0.25, -0.2) is 0 Å². The SMILES string of the molecule is CC(C)[Si](OCC1CC(O)CC(=O)O1)(C(C)C)C(C)C. The number of aliphatic hydroxyl groups is 1. The van der Waals surface area contributed by atoms with Crippen LogP contribution < -0.4 is 0 Å². The van der Waals surface area contributed by atoms with E-state index in [0.717, 1.165) is 0 Å². The molecule has 0 aromatic carbocycles. The van der Waals surface area contributed by atoms with Crippen LogP contribution in [0.25, 0.3) is 0 Å². The largest absolute Gasteiger partial charge is 0.460 e. The maximum Gasteiger partial charge on any atom is 0.308 e. The molecule has 4 nitrogen and oxygen atoms in total. The Bertz CT molecular complexity index is 306. The summed E-state index contributed by atoms with van der Waals surface area (Å²) in [5.74, 6) is -0.316. The zero-order valence-corrected chi connectivity index (χ0v) is 14.7. The van der Waals surface area contributed by atoms with E-state index < -0.39 is 14.4 Å². The van der Waals surface area contributed by atoms with Crippen LogP contribution in [0.1, 0.15) is 54.4 Å². The van der Waals surface area contributed by atoms with E-state index in [4.69, 9.17) is 9.16 Å². The molecular formula is C15H30O4Si. The summed E-state index contributed by atoms with van der Waals surface area (Å²) >= 11 is 0. The second-order valence-electron chi connectivity index (χ2n) is 6.83. The van der Waals surface area contributed by atoms with Crippen LogP contribution in [-0.2, 0) is 14.0 Å². The van der Waals surface area contributed by atoms with Gasteiger partial charge in [-0.1, -0.05) is 41.5 Å². The summed E-state index contributed by atoms with van der Waals surface area (Å²) in [6.45, 7) is 13.8. The molecule has 1 heterocycles. The van der Waals surface area contributed by atoms with Crippen LogP contribution in [0.3, 0.4) is 0 Å². The Morgan fingerprint density at radius 1 is 1.20 bits per heavy atom. The molecule has 1 saturated heterocycles. The molecule has 20 heavy (non-hydrogen) atoms. The first-order valence-electron chi connectivity index (χ1n) is 7.71. The summed E-state index contributed by atoms with van der Waals surface area (Å²) in [7, 11) is -1.93. The van der Waals surface area contributed by atoms with Gasteiger partial charge in [-0.3, -0.25) is 4.79 Å². The van der Waals surface area contributed by atoms with Gasteiger partial charge < -0.3 is 14.3 Å². The van der Waals surface area contributed by atoms with Crippen LogP contribution in [0.2, 0.25) is 16.6 Å². The van der Waals surface area contributed by atoms with Crippen LogP contribution in [-0.4, -0.2) is 38.2 Å². The fraction of sp³-hybridized carbons (Fsp3) is 0.933. The van der Waals surface area contributed by atoms with Gasteiger partial charge in [-0.15, -0.1) is 0 Å². The number of carbonyl (C=O) groups is 1. The molecule has 0 aliphatic carbocycles. The van der Waals surface area contributed by atoms with Crippen LogP contribution in [0.4, 0.5) is 0 Å². The highest BCUT2D eigenvalue weighted by Gasteiger charge is 2.45. The fourth-order valence-corrected chi connectivity index (χ4v) is 9.18. The van der Waals surface area contributed by atoms with Crippen molar-refractivity contribution in [1.82, 2.24) is 0 Å². The minimum absolute atomic E-state index is 0.109. The Morgan fingerprint density at radius 3 is 2.10 bits per heavy atom. The third-order valence-electron chi connectivity index (χ3n) is 4.46. The smallest absolute Gasteiger partial charge is 0.308 e. The van der Waals surface area contributed by atoms with Crippen LogP contribution in [0, 0.1) is 0 Å². The number of ether oxygens (including phenoxy) is 1. The van der Waals surface area contributed by atoms with Crippen LogP contribution in [0.15, 0.2) is 0 Å². The lowest BCUT2D eigenvalue weighted by Crippen LogP contribution is -2.50. The molecule has 1 fully saturated rings. The average Bonchev–Trinajstić information content (AvgIpc) is 2.26. The van der Waals surface area contributed by atoms with Crippen molar-refractivity contribution < 1.29 is 19.1 Å². The van der Waals surface area contributed by atoms with Crippen LogP contribution in [0.5, 0.6) is 0 Å². The molecule has 0 saturated carbocycles. The predicted molar refractivity (Wildman–Crippen MR) is 82.1 cm³/mol. The number of hydrogen-bond donors (Lipinski definition) is 1. The minimum atomic E-state index is -1.93. The summed E-state index contributed by atoms with van der Waals surface area (Å²) in [6, 6.07) is 0. The van der Waals surface area contributed by atoms with Gasteiger partial charge in [-0.2, -0.15) is 0 Å². The van der Waals surface area contributed by atoms with Gasteiger partial charge in [0.2, 0.25) is 8.32 Å². The molecule has 0 radical (unpaired) electrons. The topological polar surface area (TPSA) is 55.8 Å². The third-order valence-corrected chi connectivity index (χ3v) is 10.5. The summed E-state index contributed by atoms with van der Waals surface area (Å²) < 4.78 is 11.7. The monoisotopic (exact) mass is 302 g/mol. The second kappa shape index (κ2) is 7.05. The maximum atomic E-state index is 11.4. The predicted octanol–water partition coefficient (Wildman–Crippen LogP) is 3.25. The first-order valence-corrected chi connectivity index (χ1v) is 9.85. The number of cyclic esters (lactones) is 1. The van der Waals surface area contributed by atoms with E-state index in [1.165, 1.54) is 0 Å². The van der Waals surface area contributed by atoms with Crippen molar-refractivity contribution in [2.45, 2.75) is 83.2 Å². The van der Waals surface area contributed by atoms with Crippen LogP contribution >= 0.6 is 0 Å². The molecule has 1 aliphatic rings. The van der Waals surface area contributed by atoms with Crippen molar-refractivity contribution in [3.05, 3.63) is 0 Å². The van der Waals surface area contributed by atoms with Crippen molar-refractivity contribution in [2.24, 2.45) is 0 Å². The summed E-state index contributed by atoms with van der Waals surface area (Å²) in [6.07, 6.45) is -0.283. The highest BCUT2D eigenvalue weighted by Crippen LogP contribution is 2.42. The normalized spacial score (nSPS) is 24.6. The van der Waals surface area contributed by atoms with E-state index in [9.17, 15) is 9.90 Å². The molecule has 1 N–H and O–H groups in total. The molecule has 118 valence electrons. The first kappa shape index (κ1) is 17.7. The molecule has 0 amide bonds. The van der Waals surface area contributed by atoms with Crippen molar-refractivity contribution >= 4 is 14.3 Å². The standard InChI is InChI=1S/C15H30O4Si/c1-10(2)20(11(3)4,12(5)6)18-9-14-7-13(16)8-15(17)19-14/h10-14,16H,7-9H2,1-6H3. The molecule has 5 heteroatoms. The Morgan fingerprint density at radius 2 is 1.70 bits per heavy atom. The second-order valence-corrected chi connectivity index (χ2v) is 12.3. The Labute approximate surface area is 124 Å². The zero-order chi connectivity index (χ0) is 15.5. The quantitative estimate of drug-likeness (QED) is 0.604. The van der Waals surface area contributed by atoms with Gasteiger partial charge in [0, 0.05) is 6.42 Å². The van der Waals surface area contributed by atoms with Gasteiger partial charge in [0.15, 0.2) is 0 Å². The molecular weight excluding hydrogens is 272 g/mol. The van der Waals surface area contributed by atoms with E-state index >= 15 is 0 Å². The number of esters is 1. The van der Waals surface area contributed by atoms with Crippen molar-refractivity contribution in [3.8, 4) is 0 Å². The molecule has 2 atom stereocenters. The first-order chi connectivity index (χ1) is 9.20. The number of aliphatic hydroxyl groups excluding tert-OH is 1. The lowest BCUT2D eigenvalue weighted by molar-refractivity contribution is -0.162. The zero-order valence-electron chi connectivity index (χ0n) is 13.7. The fourth-order valence-electron chi connectivity index (χ4n) is 3.70. The van der Waals surface area contributed by atoms with E-state index in [1.54, 1.807) is 0 Å². The molecule has 0 bridgehead atoms. The van der Waals surface area contributed by atoms with Gasteiger partial charge >= 0.3 is 5.97 Å². The lowest BCUT2D eigenvalue weighted by atomic mass is 10.1. The number of carbonyl (C=O) groups excluding carboxylic acids is 1. The molecule has 0 aromatic heterocycles. The van der Waals surface area contributed by atoms with Gasteiger partial charge in [-0.05, 0) is 16.6 Å². The number of rotatable bonds is 6. The minimum Gasteiger partial charge on any atom is -0.460 e. The Kier molecular flexibility index (Phi) is 6.22. The highest BCUT2D eigenvalue weighted by atomic mass is 28.4. The van der Waals surface area contributed by atoms with Gasteiger partial charge in [0.25, 0.3) is 0 Å². The number of hydrogen-bond acceptors (Lipinski definition) is 4. The summed E-state index contributed by atoms with van der Waals surface area (Å²) in [4.78, 5) is 11.4. The van der Waals surface area contributed by atoms with Crippen molar-refractivity contribution in [3.63, 3.8) is 0 Å². The molecule has 1 rings (SSSR count). The summed E-state index contributed by atoms with van der Waals surface area (Å²) in [5.41, 5.74) is 1.52. The summed E-state index contributed by atoms with van der Waals surface area (Å²) in [5, 5.41) is 9.66. The third kappa shape index (κ3) is 3.83. The molecule has 1 aliphatic heterocycles. The highest BCUT2D eigenvalue weighted by molar-refractivity contribution is 6.77. The lowest BCUT2D eigenvalue weighted by Gasteiger charge is -2.43. The molecule has 0 aromatic rings. The van der Waals surface area contributed by atoms with E-state index in [-0.39, 0.29) is 18.5 Å². The Balaban J connectivity index is 2.74. The molecule has 2 unspecified atom stereocenters. The van der Waals surface area contributed by atoms with Crippen molar-refractivity contribution in [2.75, 3.05) is 6.61 Å². The van der Waals surface area contributed by atoms with E-state index in [0.29, 0.717) is 29.7 Å².